The lowest BCUT2D eigenvalue weighted by atomic mass is 9.97. The summed E-state index contributed by atoms with van der Waals surface area (Å²) in [5.74, 6) is 0.264. The average Bonchev–Trinajstić information content (AvgIpc) is 2.61. The molecule has 0 bridgehead atoms. The molecule has 0 aromatic carbocycles. The number of nitrogens with one attached hydrogen (secondary N) is 2. The molecule has 0 aliphatic carbocycles. The van der Waals surface area contributed by atoms with Gasteiger partial charge in [-0.05, 0) is 40.3 Å². The van der Waals surface area contributed by atoms with Crippen molar-refractivity contribution in [1.29, 1.82) is 0 Å². The Hall–Kier alpha value is -0.610. The van der Waals surface area contributed by atoms with Crippen molar-refractivity contribution in [2.24, 2.45) is 11.3 Å². The summed E-state index contributed by atoms with van der Waals surface area (Å²) in [6.07, 6.45) is 0.945. The van der Waals surface area contributed by atoms with Crippen LogP contribution in [0.25, 0.3) is 0 Å². The number of ether oxygens (including phenoxy) is 1. The molecule has 1 aliphatic heterocycles. The normalized spacial score (nSPS) is 25.8. The van der Waals surface area contributed by atoms with Crippen molar-refractivity contribution in [2.45, 2.75) is 40.3 Å². The van der Waals surface area contributed by atoms with Gasteiger partial charge in [-0.3, -0.25) is 10.1 Å². The monoisotopic (exact) mass is 228 g/mol. The number of carbonyl (C=O) groups excluding carboxylic acids is 1. The predicted octanol–water partition coefficient (Wildman–Crippen LogP) is 1.12. The van der Waals surface area contributed by atoms with Gasteiger partial charge in [0.25, 0.3) is 0 Å². The second-order valence-electron chi connectivity index (χ2n) is 5.39. The first-order chi connectivity index (χ1) is 7.45. The van der Waals surface area contributed by atoms with Crippen LogP contribution < -0.4 is 10.6 Å². The smallest absolute Gasteiger partial charge is 0.312 e. The van der Waals surface area contributed by atoms with Crippen LogP contribution in [0, 0.1) is 11.3 Å². The van der Waals surface area contributed by atoms with Crippen molar-refractivity contribution in [3.05, 3.63) is 0 Å². The van der Waals surface area contributed by atoms with E-state index in [0.717, 1.165) is 26.1 Å². The van der Waals surface area contributed by atoms with Gasteiger partial charge < -0.3 is 10.1 Å². The van der Waals surface area contributed by atoms with Gasteiger partial charge in [0.1, 0.15) is 0 Å². The second-order valence-corrected chi connectivity index (χ2v) is 5.39. The average molecular weight is 228 g/mol. The first-order valence-electron chi connectivity index (χ1n) is 6.10. The number of esters is 1. The molecule has 1 aliphatic rings. The van der Waals surface area contributed by atoms with E-state index in [0.29, 0.717) is 5.92 Å². The molecule has 4 nitrogen and oxygen atoms in total. The first kappa shape index (κ1) is 13.5. The maximum atomic E-state index is 11.8. The maximum absolute atomic E-state index is 11.8. The van der Waals surface area contributed by atoms with Gasteiger partial charge in [-0.2, -0.15) is 0 Å². The minimum Gasteiger partial charge on any atom is -0.446 e. The molecule has 0 aromatic rings. The summed E-state index contributed by atoms with van der Waals surface area (Å²) in [5.41, 5.74) is -0.424. The van der Waals surface area contributed by atoms with Crippen LogP contribution in [0.5, 0.6) is 0 Å². The minimum atomic E-state index is -0.424. The molecule has 0 aromatic heterocycles. The van der Waals surface area contributed by atoms with Gasteiger partial charge in [-0.1, -0.05) is 6.92 Å². The van der Waals surface area contributed by atoms with Gasteiger partial charge in [0.15, 0.2) is 6.23 Å². The van der Waals surface area contributed by atoms with Crippen molar-refractivity contribution < 1.29 is 9.53 Å². The van der Waals surface area contributed by atoms with Crippen molar-refractivity contribution in [3.8, 4) is 0 Å². The van der Waals surface area contributed by atoms with Gasteiger partial charge >= 0.3 is 5.97 Å². The Labute approximate surface area is 98.1 Å². The number of hydrogen-bond acceptors (Lipinski definition) is 4. The van der Waals surface area contributed by atoms with Crippen LogP contribution in [0.1, 0.15) is 34.1 Å². The van der Waals surface area contributed by atoms with Crippen LogP contribution in [-0.2, 0) is 9.53 Å². The highest BCUT2D eigenvalue weighted by atomic mass is 16.6. The fraction of sp³-hybridized carbons (Fsp3) is 0.917. The maximum Gasteiger partial charge on any atom is 0.312 e. The summed E-state index contributed by atoms with van der Waals surface area (Å²) >= 11 is 0. The fourth-order valence-corrected chi connectivity index (χ4v) is 1.70. The van der Waals surface area contributed by atoms with Crippen LogP contribution >= 0.6 is 0 Å². The molecule has 0 amide bonds. The zero-order chi connectivity index (χ0) is 12.2. The molecule has 1 unspecified atom stereocenters. The van der Waals surface area contributed by atoms with Crippen molar-refractivity contribution in [2.75, 3.05) is 19.6 Å². The predicted molar refractivity (Wildman–Crippen MR) is 64.0 cm³/mol. The third-order valence-corrected chi connectivity index (χ3v) is 2.79. The lowest BCUT2D eigenvalue weighted by Crippen LogP contribution is -2.39. The third kappa shape index (κ3) is 3.76. The molecule has 1 fully saturated rings. The molecular weight excluding hydrogens is 204 g/mol. The Kier molecular flexibility index (Phi) is 4.74. The van der Waals surface area contributed by atoms with E-state index in [1.807, 2.05) is 20.8 Å². The van der Waals surface area contributed by atoms with Gasteiger partial charge in [0, 0.05) is 12.5 Å². The Morgan fingerprint density at radius 1 is 1.50 bits per heavy atom. The van der Waals surface area contributed by atoms with Crippen molar-refractivity contribution >= 4 is 5.97 Å². The van der Waals surface area contributed by atoms with Gasteiger partial charge in [0.05, 0.1) is 5.41 Å². The zero-order valence-electron chi connectivity index (χ0n) is 10.8. The molecular formula is C12H24N2O2. The molecule has 94 valence electrons. The Bertz CT molecular complexity index is 236. The number of hydrogen-bond donors (Lipinski definition) is 2. The molecule has 0 spiro atoms. The van der Waals surface area contributed by atoms with E-state index in [9.17, 15) is 4.79 Å². The van der Waals surface area contributed by atoms with Crippen LogP contribution in [-0.4, -0.2) is 31.8 Å². The Morgan fingerprint density at radius 2 is 2.19 bits per heavy atom. The van der Waals surface area contributed by atoms with E-state index in [2.05, 4.69) is 17.6 Å². The topological polar surface area (TPSA) is 50.4 Å². The minimum absolute atomic E-state index is 0.120. The summed E-state index contributed by atoms with van der Waals surface area (Å²) in [4.78, 5) is 11.8. The van der Waals surface area contributed by atoms with Crippen LogP contribution in [0.4, 0.5) is 0 Å². The summed E-state index contributed by atoms with van der Waals surface area (Å²) < 4.78 is 5.50. The summed E-state index contributed by atoms with van der Waals surface area (Å²) in [5, 5.41) is 6.54. The van der Waals surface area contributed by atoms with E-state index in [1.54, 1.807) is 0 Å². The quantitative estimate of drug-likeness (QED) is 0.708. The van der Waals surface area contributed by atoms with E-state index < -0.39 is 5.41 Å². The summed E-state index contributed by atoms with van der Waals surface area (Å²) in [6, 6.07) is 0. The van der Waals surface area contributed by atoms with Crippen LogP contribution in [0.3, 0.4) is 0 Å². The molecule has 2 N–H and O–H groups in total. The van der Waals surface area contributed by atoms with Crippen molar-refractivity contribution in [3.63, 3.8) is 0 Å². The summed E-state index contributed by atoms with van der Waals surface area (Å²) in [6.45, 7) is 10.5. The zero-order valence-corrected chi connectivity index (χ0v) is 10.8. The highest BCUT2D eigenvalue weighted by Crippen LogP contribution is 2.21. The third-order valence-electron chi connectivity index (χ3n) is 2.79. The Balaban J connectivity index is 2.43. The molecule has 4 heteroatoms. The lowest BCUT2D eigenvalue weighted by Gasteiger charge is -2.24. The number of rotatable bonds is 4. The molecule has 1 heterocycles. The largest absolute Gasteiger partial charge is 0.446 e. The molecule has 2 atom stereocenters. The molecule has 0 saturated carbocycles. The van der Waals surface area contributed by atoms with E-state index in [-0.39, 0.29) is 12.2 Å². The molecule has 16 heavy (non-hydrogen) atoms. The Morgan fingerprint density at radius 3 is 2.75 bits per heavy atom. The number of carbonyl (C=O) groups is 1. The highest BCUT2D eigenvalue weighted by molar-refractivity contribution is 5.75. The summed E-state index contributed by atoms with van der Waals surface area (Å²) in [7, 11) is 0. The van der Waals surface area contributed by atoms with Crippen molar-refractivity contribution in [1.82, 2.24) is 10.6 Å². The SMILES string of the molecule is CCNC[C@@H]1CCNC1OC(=O)C(C)(C)C. The fourth-order valence-electron chi connectivity index (χ4n) is 1.70. The standard InChI is InChI=1S/C12H24N2O2/c1-5-13-8-9-6-7-14-10(9)16-11(15)12(2,3)4/h9-10,13-14H,5-8H2,1-4H3/t9-,10?/m0/s1. The highest BCUT2D eigenvalue weighted by Gasteiger charge is 2.33. The van der Waals surface area contributed by atoms with Crippen LogP contribution in [0.2, 0.25) is 0 Å². The molecule has 1 saturated heterocycles. The molecule has 1 rings (SSSR count). The van der Waals surface area contributed by atoms with Crippen LogP contribution in [0.15, 0.2) is 0 Å². The van der Waals surface area contributed by atoms with E-state index in [1.165, 1.54) is 0 Å². The second kappa shape index (κ2) is 5.64. The molecule has 0 radical (unpaired) electrons. The first-order valence-corrected chi connectivity index (χ1v) is 6.10. The van der Waals surface area contributed by atoms with Gasteiger partial charge in [0.2, 0.25) is 0 Å². The lowest BCUT2D eigenvalue weighted by molar-refractivity contribution is -0.161. The van der Waals surface area contributed by atoms with Gasteiger partial charge in [-0.25, -0.2) is 0 Å². The van der Waals surface area contributed by atoms with E-state index >= 15 is 0 Å². The van der Waals surface area contributed by atoms with E-state index in [4.69, 9.17) is 4.74 Å². The van der Waals surface area contributed by atoms with Gasteiger partial charge in [-0.15, -0.1) is 0 Å².